The molecule has 0 amide bonds. The summed E-state index contributed by atoms with van der Waals surface area (Å²) in [6.07, 6.45) is 32.8. The Balaban J connectivity index is 1.85. The predicted octanol–water partition coefficient (Wildman–Crippen LogP) is 6.84. The summed E-state index contributed by atoms with van der Waals surface area (Å²) in [6.45, 7) is 2.65. The number of carbonyl (C=O) groups is 2. The maximum atomic E-state index is 12.9. The highest BCUT2D eigenvalue weighted by molar-refractivity contribution is 5.70. The molecule has 0 saturated carbocycles. The first kappa shape index (κ1) is 57.6. The van der Waals surface area contributed by atoms with Crippen LogP contribution in [0.4, 0.5) is 0 Å². The zero-order valence-corrected chi connectivity index (χ0v) is 38.8. The summed E-state index contributed by atoms with van der Waals surface area (Å²) in [5, 5.41) is 61.2. The lowest BCUT2D eigenvalue weighted by Crippen LogP contribution is -2.60. The van der Waals surface area contributed by atoms with Gasteiger partial charge in [0.2, 0.25) is 0 Å². The van der Waals surface area contributed by atoms with Crippen molar-refractivity contribution in [3.8, 4) is 0 Å². The summed E-state index contributed by atoms with van der Waals surface area (Å²) in [7, 11) is 0. The molecular formula is C51H80O14. The van der Waals surface area contributed by atoms with Crippen molar-refractivity contribution in [3.05, 3.63) is 97.2 Å². The van der Waals surface area contributed by atoms with Crippen molar-refractivity contribution in [3.63, 3.8) is 0 Å². The zero-order chi connectivity index (χ0) is 47.3. The van der Waals surface area contributed by atoms with Gasteiger partial charge in [0.1, 0.15) is 43.2 Å². The van der Waals surface area contributed by atoms with E-state index in [2.05, 4.69) is 111 Å². The van der Waals surface area contributed by atoms with Gasteiger partial charge in [0.05, 0.1) is 25.9 Å². The van der Waals surface area contributed by atoms with Crippen LogP contribution in [0, 0.1) is 0 Å². The Bertz CT molecular complexity index is 1480. The van der Waals surface area contributed by atoms with Gasteiger partial charge >= 0.3 is 11.9 Å². The SMILES string of the molecule is CC/C=C\C/C=C\C/C=C\C/C=C\CCCCC(=O)OC[C@@H](CO[C@H]1C[C@@H](O)[C@@H](O)[C@@H](CO[C@@H]2O[C@H](CO)[C@H](O)[C@H](O)[C@H]2O)O1)OC(=O)CCCC/C=C\C/C=C\C/C=C\C/C=C\CC. The molecule has 2 saturated heterocycles. The third-order valence-electron chi connectivity index (χ3n) is 10.4. The van der Waals surface area contributed by atoms with Crippen molar-refractivity contribution >= 4 is 11.9 Å². The van der Waals surface area contributed by atoms with E-state index in [1.165, 1.54) is 0 Å². The fraction of sp³-hybridized carbons (Fsp3) is 0.647. The standard InChI is InChI=1S/C51H80O14/c1-3-5-7-9-11-13-15-17-19-21-23-25-27-29-31-33-44(54)60-37-40(63-45(55)34-32-30-28-26-24-22-20-18-16-14-12-10-8-6-4-2)38-61-46-35-41(53)47(56)43(64-46)39-62-51-50(59)49(58)48(57)42(36-52)65-51/h5-8,11-14,17-20,23-26,40-43,46-53,56-59H,3-4,9-10,15-16,21-22,27-39H2,1-2H3/b7-5-,8-6-,13-11-,14-12-,19-17-,20-18-,25-23-,26-24-/t40-,41+,42+,43+,46+,47+,48-,49-,50+,51+/m0/s1. The normalized spacial score (nSPS) is 26.1. The molecule has 6 N–H and O–H groups in total. The number of hydrogen-bond donors (Lipinski definition) is 6. The summed E-state index contributed by atoms with van der Waals surface area (Å²) in [4.78, 5) is 25.6. The maximum Gasteiger partial charge on any atom is 0.306 e. The minimum absolute atomic E-state index is 0.144. The van der Waals surface area contributed by atoms with E-state index in [9.17, 15) is 40.2 Å². The number of aliphatic hydroxyl groups excluding tert-OH is 6. The van der Waals surface area contributed by atoms with Gasteiger partial charge in [-0.3, -0.25) is 9.59 Å². The fourth-order valence-corrected chi connectivity index (χ4v) is 6.65. The lowest BCUT2D eigenvalue weighted by atomic mass is 9.99. The number of aliphatic hydroxyl groups is 6. The van der Waals surface area contributed by atoms with Gasteiger partial charge in [0.15, 0.2) is 18.7 Å². The van der Waals surface area contributed by atoms with Gasteiger partial charge in [-0.25, -0.2) is 0 Å². The topological polar surface area (TPSA) is 211 Å². The molecule has 0 spiro atoms. The largest absolute Gasteiger partial charge is 0.462 e. The molecule has 2 aliphatic rings. The predicted molar refractivity (Wildman–Crippen MR) is 250 cm³/mol. The summed E-state index contributed by atoms with van der Waals surface area (Å²) >= 11 is 0. The van der Waals surface area contributed by atoms with E-state index in [0.717, 1.165) is 77.0 Å². The van der Waals surface area contributed by atoms with Crippen LogP contribution in [0.3, 0.4) is 0 Å². The molecule has 2 heterocycles. The summed E-state index contributed by atoms with van der Waals surface area (Å²) in [6, 6.07) is 0. The number of hydrogen-bond acceptors (Lipinski definition) is 14. The lowest BCUT2D eigenvalue weighted by molar-refractivity contribution is -0.319. The first-order valence-corrected chi connectivity index (χ1v) is 23.7. The molecular weight excluding hydrogens is 837 g/mol. The van der Waals surface area contributed by atoms with Crippen molar-refractivity contribution in [2.24, 2.45) is 0 Å². The molecule has 2 aliphatic heterocycles. The third kappa shape index (κ3) is 27.0. The molecule has 0 bridgehead atoms. The summed E-state index contributed by atoms with van der Waals surface area (Å²) in [5.41, 5.74) is 0. The van der Waals surface area contributed by atoms with Crippen molar-refractivity contribution in [2.45, 2.75) is 184 Å². The molecule has 14 nitrogen and oxygen atoms in total. The Morgan fingerprint density at radius 3 is 1.55 bits per heavy atom. The van der Waals surface area contributed by atoms with E-state index in [0.29, 0.717) is 12.8 Å². The zero-order valence-electron chi connectivity index (χ0n) is 38.8. The van der Waals surface area contributed by atoms with Gasteiger partial charge in [-0.1, -0.05) is 111 Å². The van der Waals surface area contributed by atoms with E-state index < -0.39 is 86.6 Å². The van der Waals surface area contributed by atoms with Crippen molar-refractivity contribution in [1.29, 1.82) is 0 Å². The first-order valence-electron chi connectivity index (χ1n) is 23.7. The molecule has 0 aromatic carbocycles. The second kappa shape index (κ2) is 37.5. The van der Waals surface area contributed by atoms with E-state index in [1.54, 1.807) is 0 Å². The minimum atomic E-state index is -1.67. The van der Waals surface area contributed by atoms with E-state index in [-0.39, 0.29) is 32.5 Å². The molecule has 368 valence electrons. The van der Waals surface area contributed by atoms with Crippen LogP contribution in [0.2, 0.25) is 0 Å². The number of unbranched alkanes of at least 4 members (excludes halogenated alkanes) is 4. The van der Waals surface area contributed by atoms with Crippen LogP contribution in [-0.4, -0.2) is 130 Å². The molecule has 2 rings (SSSR count). The highest BCUT2D eigenvalue weighted by Gasteiger charge is 2.45. The Kier molecular flexibility index (Phi) is 33.3. The van der Waals surface area contributed by atoms with Gasteiger partial charge in [-0.05, 0) is 89.9 Å². The van der Waals surface area contributed by atoms with E-state index in [1.807, 2.05) is 0 Å². The van der Waals surface area contributed by atoms with Crippen LogP contribution >= 0.6 is 0 Å². The number of carbonyl (C=O) groups excluding carboxylic acids is 2. The van der Waals surface area contributed by atoms with Gasteiger partial charge in [0.25, 0.3) is 0 Å². The fourth-order valence-electron chi connectivity index (χ4n) is 6.65. The van der Waals surface area contributed by atoms with E-state index >= 15 is 0 Å². The van der Waals surface area contributed by atoms with Crippen LogP contribution in [0.5, 0.6) is 0 Å². The van der Waals surface area contributed by atoms with Crippen molar-refractivity contribution in [2.75, 3.05) is 26.4 Å². The van der Waals surface area contributed by atoms with E-state index in [4.69, 9.17) is 28.4 Å². The number of allylic oxidation sites excluding steroid dienone is 16. The van der Waals surface area contributed by atoms with Gasteiger partial charge in [-0.15, -0.1) is 0 Å². The lowest BCUT2D eigenvalue weighted by Gasteiger charge is -2.41. The maximum absolute atomic E-state index is 12.9. The molecule has 0 unspecified atom stereocenters. The highest BCUT2D eigenvalue weighted by Crippen LogP contribution is 2.26. The van der Waals surface area contributed by atoms with Crippen LogP contribution in [0.15, 0.2) is 97.2 Å². The second-order valence-corrected chi connectivity index (χ2v) is 16.1. The Morgan fingerprint density at radius 2 is 1.05 bits per heavy atom. The second-order valence-electron chi connectivity index (χ2n) is 16.1. The molecule has 0 aromatic rings. The quantitative estimate of drug-likeness (QED) is 0.0222. The molecule has 0 aromatic heterocycles. The molecule has 65 heavy (non-hydrogen) atoms. The van der Waals surface area contributed by atoms with Gasteiger partial charge in [-0.2, -0.15) is 0 Å². The van der Waals surface area contributed by atoms with Crippen molar-refractivity contribution < 1.29 is 68.6 Å². The monoisotopic (exact) mass is 917 g/mol. The Morgan fingerprint density at radius 1 is 0.554 bits per heavy atom. The number of esters is 2. The van der Waals surface area contributed by atoms with Gasteiger partial charge < -0.3 is 59.1 Å². The molecule has 14 heteroatoms. The number of ether oxygens (including phenoxy) is 6. The van der Waals surface area contributed by atoms with Crippen LogP contribution in [0.1, 0.15) is 123 Å². The average Bonchev–Trinajstić information content (AvgIpc) is 3.30. The van der Waals surface area contributed by atoms with Crippen molar-refractivity contribution in [1.82, 2.24) is 0 Å². The van der Waals surface area contributed by atoms with Crippen LogP contribution in [0.25, 0.3) is 0 Å². The Hall–Kier alpha value is -3.54. The van der Waals surface area contributed by atoms with Gasteiger partial charge in [0, 0.05) is 19.3 Å². The Labute approximate surface area is 387 Å². The van der Waals surface area contributed by atoms with Crippen LogP contribution < -0.4 is 0 Å². The smallest absolute Gasteiger partial charge is 0.306 e. The summed E-state index contributed by atoms with van der Waals surface area (Å²) in [5.74, 6) is -0.921. The highest BCUT2D eigenvalue weighted by atomic mass is 16.7. The molecule has 10 atom stereocenters. The minimum Gasteiger partial charge on any atom is -0.462 e. The number of rotatable bonds is 34. The molecule has 0 radical (unpaired) electrons. The third-order valence-corrected chi connectivity index (χ3v) is 10.4. The first-order chi connectivity index (χ1) is 31.6. The summed E-state index contributed by atoms with van der Waals surface area (Å²) < 4.78 is 33.8. The average molecular weight is 917 g/mol. The molecule has 2 fully saturated rings. The molecule has 0 aliphatic carbocycles. The van der Waals surface area contributed by atoms with Crippen LogP contribution in [-0.2, 0) is 38.0 Å².